The number of pyridine rings is 1. The maximum atomic E-state index is 12.1. The Kier molecular flexibility index (Phi) is 8.71. The normalized spacial score (nSPS) is 14.8. The molecule has 4 N–H and O–H groups in total. The maximum absolute atomic E-state index is 12.1. The molecule has 0 spiro atoms. The summed E-state index contributed by atoms with van der Waals surface area (Å²) in [6, 6.07) is 10.9. The van der Waals surface area contributed by atoms with Crippen LogP contribution in [-0.2, 0) is 0 Å². The predicted octanol–water partition coefficient (Wildman–Crippen LogP) is 2.44. The molecule has 0 aliphatic carbocycles. The van der Waals surface area contributed by atoms with Crippen LogP contribution in [0.1, 0.15) is 42.1 Å². The van der Waals surface area contributed by atoms with Crippen LogP contribution in [0.15, 0.2) is 47.6 Å². The fraction of sp³-hybridized carbons (Fsp3) is 0.458. The third-order valence-electron chi connectivity index (χ3n) is 5.40. The van der Waals surface area contributed by atoms with Crippen molar-refractivity contribution in [2.75, 3.05) is 37.6 Å². The third kappa shape index (κ3) is 7.14. The first-order chi connectivity index (χ1) is 15.5. The van der Waals surface area contributed by atoms with Gasteiger partial charge in [-0.05, 0) is 62.9 Å². The Morgan fingerprint density at radius 1 is 1.22 bits per heavy atom. The van der Waals surface area contributed by atoms with E-state index in [1.807, 2.05) is 6.20 Å². The zero-order valence-electron chi connectivity index (χ0n) is 19.0. The van der Waals surface area contributed by atoms with Crippen LogP contribution in [0.5, 0.6) is 5.75 Å². The molecule has 3 rings (SSSR count). The Bertz CT molecular complexity index is 892. The summed E-state index contributed by atoms with van der Waals surface area (Å²) in [4.78, 5) is 23.6. The molecule has 1 aliphatic rings. The predicted molar refractivity (Wildman–Crippen MR) is 128 cm³/mol. The van der Waals surface area contributed by atoms with Gasteiger partial charge >= 0.3 is 0 Å². The fourth-order valence-corrected chi connectivity index (χ4v) is 3.63. The van der Waals surface area contributed by atoms with E-state index in [1.165, 1.54) is 11.6 Å². The lowest BCUT2D eigenvalue weighted by Crippen LogP contribution is -2.49. The average molecular weight is 439 g/mol. The number of piperidine rings is 1. The summed E-state index contributed by atoms with van der Waals surface area (Å²) < 4.78 is 0. The summed E-state index contributed by atoms with van der Waals surface area (Å²) in [5, 5.41) is 19.2. The molecule has 1 amide bonds. The number of rotatable bonds is 8. The van der Waals surface area contributed by atoms with E-state index in [-0.39, 0.29) is 11.7 Å². The van der Waals surface area contributed by atoms with Crippen LogP contribution in [0.3, 0.4) is 0 Å². The van der Waals surface area contributed by atoms with Gasteiger partial charge in [-0.2, -0.15) is 0 Å². The molecule has 1 fully saturated rings. The quantitative estimate of drug-likeness (QED) is 0.287. The second-order valence-corrected chi connectivity index (χ2v) is 8.02. The minimum absolute atomic E-state index is 0.0876. The molecule has 0 saturated carbocycles. The van der Waals surface area contributed by atoms with Crippen molar-refractivity contribution >= 4 is 17.7 Å². The van der Waals surface area contributed by atoms with Gasteiger partial charge in [-0.1, -0.05) is 12.1 Å². The molecule has 0 radical (unpaired) electrons. The Balaban J connectivity index is 1.40. The number of aliphatic imine (C=N–C) groups is 1. The molecule has 1 aromatic heterocycles. The summed E-state index contributed by atoms with van der Waals surface area (Å²) >= 11 is 0. The molecule has 1 aliphatic heterocycles. The molecular formula is C24H34N6O2. The number of phenolic OH excluding ortho intramolecular Hbond substituents is 1. The molecule has 1 saturated heterocycles. The fourth-order valence-electron chi connectivity index (χ4n) is 3.63. The lowest BCUT2D eigenvalue weighted by atomic mass is 10.1. The molecule has 172 valence electrons. The topological polar surface area (TPSA) is 102 Å². The number of aryl methyl sites for hydroxylation is 1. The van der Waals surface area contributed by atoms with E-state index in [0.717, 1.165) is 50.7 Å². The van der Waals surface area contributed by atoms with Crippen LogP contribution in [0.4, 0.5) is 5.82 Å². The lowest BCUT2D eigenvalue weighted by Gasteiger charge is -2.33. The molecule has 2 aromatic rings. The summed E-state index contributed by atoms with van der Waals surface area (Å²) in [7, 11) is 0. The number of amides is 1. The highest BCUT2D eigenvalue weighted by Crippen LogP contribution is 2.18. The monoisotopic (exact) mass is 438 g/mol. The number of nitrogens with one attached hydrogen (secondary N) is 3. The summed E-state index contributed by atoms with van der Waals surface area (Å²) in [6.07, 6.45) is 4.71. The van der Waals surface area contributed by atoms with Gasteiger partial charge in [0, 0.05) is 50.5 Å². The number of nitrogens with zero attached hydrogens (tertiary/aromatic N) is 3. The van der Waals surface area contributed by atoms with Crippen LogP contribution < -0.4 is 20.9 Å². The first-order valence-electron chi connectivity index (χ1n) is 11.3. The van der Waals surface area contributed by atoms with E-state index in [2.05, 4.69) is 56.8 Å². The van der Waals surface area contributed by atoms with Crippen molar-refractivity contribution in [3.05, 3.63) is 53.7 Å². The average Bonchev–Trinajstić information content (AvgIpc) is 2.80. The second-order valence-electron chi connectivity index (χ2n) is 8.02. The zero-order valence-corrected chi connectivity index (χ0v) is 19.0. The van der Waals surface area contributed by atoms with Crippen LogP contribution in [-0.4, -0.2) is 60.7 Å². The molecule has 0 atom stereocenters. The van der Waals surface area contributed by atoms with E-state index < -0.39 is 0 Å². The molecule has 1 aromatic carbocycles. The van der Waals surface area contributed by atoms with Crippen molar-refractivity contribution in [3.8, 4) is 5.75 Å². The SMILES string of the molecule is CCNC(=NCCCNC(=O)c1cccc(O)c1)NC1CCN(c2ccc(C)cn2)CC1. The maximum Gasteiger partial charge on any atom is 0.251 e. The van der Waals surface area contributed by atoms with Gasteiger partial charge in [0.1, 0.15) is 11.6 Å². The van der Waals surface area contributed by atoms with Gasteiger partial charge in [-0.25, -0.2) is 4.98 Å². The number of aromatic hydroxyl groups is 1. The lowest BCUT2D eigenvalue weighted by molar-refractivity contribution is 0.0953. The van der Waals surface area contributed by atoms with Crippen molar-refractivity contribution in [3.63, 3.8) is 0 Å². The molecular weight excluding hydrogens is 404 g/mol. The number of carbonyl (C=O) groups excluding carboxylic acids is 1. The third-order valence-corrected chi connectivity index (χ3v) is 5.40. The second kappa shape index (κ2) is 11.9. The van der Waals surface area contributed by atoms with Gasteiger partial charge in [-0.3, -0.25) is 9.79 Å². The van der Waals surface area contributed by atoms with Gasteiger partial charge in [0.25, 0.3) is 5.91 Å². The molecule has 2 heterocycles. The summed E-state index contributed by atoms with van der Waals surface area (Å²) in [5.74, 6) is 1.76. The first kappa shape index (κ1) is 23.4. The van der Waals surface area contributed by atoms with E-state index in [4.69, 9.17) is 0 Å². The Morgan fingerprint density at radius 2 is 2.03 bits per heavy atom. The van der Waals surface area contributed by atoms with E-state index in [1.54, 1.807) is 18.2 Å². The number of carbonyl (C=O) groups is 1. The van der Waals surface area contributed by atoms with Crippen LogP contribution >= 0.6 is 0 Å². The summed E-state index contributed by atoms with van der Waals surface area (Å²) in [5.41, 5.74) is 1.63. The van der Waals surface area contributed by atoms with E-state index in [0.29, 0.717) is 24.7 Å². The zero-order chi connectivity index (χ0) is 22.8. The van der Waals surface area contributed by atoms with Crippen molar-refractivity contribution < 1.29 is 9.90 Å². The minimum atomic E-state index is -0.190. The van der Waals surface area contributed by atoms with E-state index >= 15 is 0 Å². The number of benzene rings is 1. The molecule has 32 heavy (non-hydrogen) atoms. The standard InChI is InChI=1S/C24H34N6O2/c1-3-25-24(27-13-5-12-26-23(32)19-6-4-7-21(31)16-19)29-20-10-14-30(15-11-20)22-9-8-18(2)17-28-22/h4,6-9,16-17,20,31H,3,5,10-15H2,1-2H3,(H,26,32)(H2,25,27,29). The van der Waals surface area contributed by atoms with Crippen molar-refractivity contribution in [1.82, 2.24) is 20.9 Å². The number of aromatic nitrogens is 1. The number of guanidine groups is 1. The number of hydrogen-bond acceptors (Lipinski definition) is 5. The highest BCUT2D eigenvalue weighted by molar-refractivity contribution is 5.94. The molecule has 0 bridgehead atoms. The van der Waals surface area contributed by atoms with Gasteiger partial charge in [0.2, 0.25) is 0 Å². The summed E-state index contributed by atoms with van der Waals surface area (Å²) in [6.45, 7) is 7.98. The molecule has 0 unspecified atom stereocenters. The number of hydrogen-bond donors (Lipinski definition) is 4. The largest absolute Gasteiger partial charge is 0.508 e. The highest BCUT2D eigenvalue weighted by atomic mass is 16.3. The number of phenols is 1. The molecule has 8 heteroatoms. The van der Waals surface area contributed by atoms with Gasteiger partial charge in [0.15, 0.2) is 5.96 Å². The highest BCUT2D eigenvalue weighted by Gasteiger charge is 2.20. The first-order valence-corrected chi connectivity index (χ1v) is 11.3. The Labute approximate surface area is 190 Å². The van der Waals surface area contributed by atoms with Gasteiger partial charge in [0.05, 0.1) is 0 Å². The number of anilines is 1. The molecule has 8 nitrogen and oxygen atoms in total. The Hall–Kier alpha value is -3.29. The smallest absolute Gasteiger partial charge is 0.251 e. The van der Waals surface area contributed by atoms with Crippen molar-refractivity contribution in [2.45, 2.75) is 39.2 Å². The van der Waals surface area contributed by atoms with Crippen LogP contribution in [0.2, 0.25) is 0 Å². The Morgan fingerprint density at radius 3 is 2.72 bits per heavy atom. The van der Waals surface area contributed by atoms with E-state index in [9.17, 15) is 9.90 Å². The van der Waals surface area contributed by atoms with Gasteiger partial charge < -0.3 is 26.0 Å². The van der Waals surface area contributed by atoms with Crippen molar-refractivity contribution in [1.29, 1.82) is 0 Å². The van der Waals surface area contributed by atoms with Crippen LogP contribution in [0.25, 0.3) is 0 Å². The van der Waals surface area contributed by atoms with Crippen molar-refractivity contribution in [2.24, 2.45) is 4.99 Å². The minimum Gasteiger partial charge on any atom is -0.508 e. The van der Waals surface area contributed by atoms with Crippen LogP contribution in [0, 0.1) is 6.92 Å². The van der Waals surface area contributed by atoms with Gasteiger partial charge in [-0.15, -0.1) is 0 Å².